The van der Waals surface area contributed by atoms with Crippen molar-refractivity contribution in [3.8, 4) is 11.5 Å². The number of phenolic OH excluding ortho intramolecular Hbond substituents is 2. The second-order valence-corrected chi connectivity index (χ2v) is 5.12. The van der Waals surface area contributed by atoms with Gasteiger partial charge in [-0.1, -0.05) is 0 Å². The average molecular weight is 298 g/mol. The average Bonchev–Trinajstić information content (AvgIpc) is 2.55. The molecule has 1 heterocycles. The smallest absolute Gasteiger partial charge is 0.128 e. The van der Waals surface area contributed by atoms with E-state index in [1.807, 2.05) is 24.3 Å². The molecule has 5 nitrogen and oxygen atoms in total. The van der Waals surface area contributed by atoms with Gasteiger partial charge in [0, 0.05) is 36.6 Å². The van der Waals surface area contributed by atoms with Gasteiger partial charge in [-0.05, 0) is 36.4 Å². The molecule has 0 saturated carbocycles. The molecule has 114 valence electrons. The Morgan fingerprint density at radius 3 is 2.41 bits per heavy atom. The molecule has 3 rings (SSSR count). The maximum absolute atomic E-state index is 9.71. The maximum atomic E-state index is 9.71. The van der Waals surface area contributed by atoms with E-state index in [1.165, 1.54) is 12.1 Å². The molecule has 0 spiro atoms. The van der Waals surface area contributed by atoms with Crippen molar-refractivity contribution in [2.45, 2.75) is 0 Å². The number of hydrogen-bond acceptors (Lipinski definition) is 5. The van der Waals surface area contributed by atoms with Gasteiger partial charge in [0.05, 0.1) is 18.9 Å². The van der Waals surface area contributed by atoms with Gasteiger partial charge in [-0.3, -0.25) is 4.99 Å². The van der Waals surface area contributed by atoms with Crippen LogP contribution in [-0.2, 0) is 4.74 Å². The van der Waals surface area contributed by atoms with Crippen molar-refractivity contribution in [1.29, 1.82) is 0 Å². The maximum Gasteiger partial charge on any atom is 0.128 e. The van der Waals surface area contributed by atoms with E-state index >= 15 is 0 Å². The first-order chi connectivity index (χ1) is 10.7. The van der Waals surface area contributed by atoms with Crippen LogP contribution in [0.4, 0.5) is 11.4 Å². The summed E-state index contributed by atoms with van der Waals surface area (Å²) in [6.07, 6.45) is 1.58. The van der Waals surface area contributed by atoms with E-state index in [1.54, 1.807) is 12.3 Å². The number of aliphatic imine (C=N–C) groups is 1. The number of aromatic hydroxyl groups is 2. The molecule has 0 radical (unpaired) electrons. The van der Waals surface area contributed by atoms with Gasteiger partial charge in [0.25, 0.3) is 0 Å². The Hall–Kier alpha value is -2.53. The zero-order chi connectivity index (χ0) is 15.4. The summed E-state index contributed by atoms with van der Waals surface area (Å²) < 4.78 is 5.35. The molecular weight excluding hydrogens is 280 g/mol. The van der Waals surface area contributed by atoms with Crippen molar-refractivity contribution < 1.29 is 14.9 Å². The lowest BCUT2D eigenvalue weighted by molar-refractivity contribution is 0.122. The third-order valence-corrected chi connectivity index (χ3v) is 3.59. The van der Waals surface area contributed by atoms with Crippen LogP contribution in [0.25, 0.3) is 0 Å². The minimum Gasteiger partial charge on any atom is -0.508 e. The largest absolute Gasteiger partial charge is 0.508 e. The molecule has 1 fully saturated rings. The minimum atomic E-state index is 0.00804. The van der Waals surface area contributed by atoms with Gasteiger partial charge in [0.1, 0.15) is 11.5 Å². The molecule has 0 bridgehead atoms. The summed E-state index contributed by atoms with van der Waals surface area (Å²) in [6.45, 7) is 3.34. The van der Waals surface area contributed by atoms with E-state index in [-0.39, 0.29) is 11.5 Å². The molecule has 0 amide bonds. The van der Waals surface area contributed by atoms with Gasteiger partial charge in [0.2, 0.25) is 0 Å². The van der Waals surface area contributed by atoms with Gasteiger partial charge < -0.3 is 19.8 Å². The molecule has 2 N–H and O–H groups in total. The lowest BCUT2D eigenvalue weighted by atomic mass is 10.2. The second kappa shape index (κ2) is 6.49. The summed E-state index contributed by atoms with van der Waals surface area (Å²) in [4.78, 5) is 6.62. The van der Waals surface area contributed by atoms with E-state index in [4.69, 9.17) is 4.74 Å². The summed E-state index contributed by atoms with van der Waals surface area (Å²) in [5.74, 6) is 0.0400. The van der Waals surface area contributed by atoms with Crippen molar-refractivity contribution in [2.24, 2.45) is 4.99 Å². The standard InChI is InChI=1S/C17H18N2O3/c20-16-6-1-13(17(21)11-16)12-18-14-2-4-15(5-3-14)19-7-9-22-10-8-19/h1-6,11-12,20-21H,7-10H2. The van der Waals surface area contributed by atoms with Crippen LogP contribution >= 0.6 is 0 Å². The van der Waals surface area contributed by atoms with Crippen molar-refractivity contribution in [1.82, 2.24) is 0 Å². The van der Waals surface area contributed by atoms with Gasteiger partial charge in [0.15, 0.2) is 0 Å². The molecule has 1 aliphatic heterocycles. The van der Waals surface area contributed by atoms with E-state index in [0.717, 1.165) is 37.7 Å². The molecule has 5 heteroatoms. The highest BCUT2D eigenvalue weighted by Crippen LogP contribution is 2.23. The molecule has 0 atom stereocenters. The number of benzene rings is 2. The van der Waals surface area contributed by atoms with Gasteiger partial charge in [-0.25, -0.2) is 0 Å². The molecule has 1 saturated heterocycles. The Morgan fingerprint density at radius 2 is 1.73 bits per heavy atom. The second-order valence-electron chi connectivity index (χ2n) is 5.12. The predicted molar refractivity (Wildman–Crippen MR) is 86.5 cm³/mol. The topological polar surface area (TPSA) is 65.3 Å². The van der Waals surface area contributed by atoms with Crippen molar-refractivity contribution >= 4 is 17.6 Å². The van der Waals surface area contributed by atoms with Crippen LogP contribution in [0.15, 0.2) is 47.5 Å². The Labute approximate surface area is 129 Å². The van der Waals surface area contributed by atoms with Crippen LogP contribution in [0.1, 0.15) is 5.56 Å². The van der Waals surface area contributed by atoms with E-state index in [0.29, 0.717) is 5.56 Å². The monoisotopic (exact) mass is 298 g/mol. The number of hydrogen-bond donors (Lipinski definition) is 2. The number of morpholine rings is 1. The molecule has 0 aromatic heterocycles. The molecule has 22 heavy (non-hydrogen) atoms. The number of phenols is 2. The van der Waals surface area contributed by atoms with Gasteiger partial charge >= 0.3 is 0 Å². The molecule has 2 aromatic rings. The number of ether oxygens (including phenoxy) is 1. The Kier molecular flexibility index (Phi) is 4.25. The SMILES string of the molecule is Oc1ccc(C=Nc2ccc(N3CCOCC3)cc2)c(O)c1. The highest BCUT2D eigenvalue weighted by atomic mass is 16.5. The van der Waals surface area contributed by atoms with Crippen molar-refractivity contribution in [2.75, 3.05) is 31.2 Å². The molecule has 1 aliphatic rings. The van der Waals surface area contributed by atoms with Crippen molar-refractivity contribution in [3.63, 3.8) is 0 Å². The zero-order valence-electron chi connectivity index (χ0n) is 12.1. The Bertz CT molecular complexity index is 662. The lowest BCUT2D eigenvalue weighted by Crippen LogP contribution is -2.36. The fraction of sp³-hybridized carbons (Fsp3) is 0.235. The number of nitrogens with zero attached hydrogens (tertiary/aromatic N) is 2. The molecule has 2 aromatic carbocycles. The lowest BCUT2D eigenvalue weighted by Gasteiger charge is -2.28. The Balaban J connectivity index is 1.71. The fourth-order valence-electron chi connectivity index (χ4n) is 2.36. The molecule has 0 unspecified atom stereocenters. The zero-order valence-corrected chi connectivity index (χ0v) is 12.1. The van der Waals surface area contributed by atoms with E-state index in [9.17, 15) is 10.2 Å². The van der Waals surface area contributed by atoms with Crippen LogP contribution in [0.3, 0.4) is 0 Å². The van der Waals surface area contributed by atoms with Crippen LogP contribution in [0.2, 0.25) is 0 Å². The molecular formula is C17H18N2O3. The first-order valence-electron chi connectivity index (χ1n) is 7.21. The summed E-state index contributed by atoms with van der Waals surface area (Å²) in [5, 5.41) is 19.0. The summed E-state index contributed by atoms with van der Waals surface area (Å²) in [5.41, 5.74) is 2.54. The summed E-state index contributed by atoms with van der Waals surface area (Å²) >= 11 is 0. The fourth-order valence-corrected chi connectivity index (χ4v) is 2.36. The highest BCUT2D eigenvalue weighted by Gasteiger charge is 2.10. The highest BCUT2D eigenvalue weighted by molar-refractivity contribution is 5.85. The van der Waals surface area contributed by atoms with Crippen LogP contribution in [-0.4, -0.2) is 42.7 Å². The Morgan fingerprint density at radius 1 is 1.00 bits per heavy atom. The van der Waals surface area contributed by atoms with Crippen molar-refractivity contribution in [3.05, 3.63) is 48.0 Å². The normalized spacial score (nSPS) is 15.4. The quantitative estimate of drug-likeness (QED) is 0.855. The molecule has 0 aliphatic carbocycles. The first-order valence-corrected chi connectivity index (χ1v) is 7.21. The summed E-state index contributed by atoms with van der Waals surface area (Å²) in [7, 11) is 0. The minimum absolute atomic E-state index is 0.00804. The van der Waals surface area contributed by atoms with Gasteiger partial charge in [-0.15, -0.1) is 0 Å². The van der Waals surface area contributed by atoms with Crippen LogP contribution in [0, 0.1) is 0 Å². The van der Waals surface area contributed by atoms with E-state index < -0.39 is 0 Å². The third kappa shape index (κ3) is 3.38. The van der Waals surface area contributed by atoms with E-state index in [2.05, 4.69) is 9.89 Å². The third-order valence-electron chi connectivity index (χ3n) is 3.59. The first kappa shape index (κ1) is 14.4. The number of rotatable bonds is 3. The van der Waals surface area contributed by atoms with Crippen LogP contribution < -0.4 is 4.90 Å². The van der Waals surface area contributed by atoms with Crippen LogP contribution in [0.5, 0.6) is 11.5 Å². The number of anilines is 1. The predicted octanol–water partition coefficient (Wildman–Crippen LogP) is 2.69. The van der Waals surface area contributed by atoms with Gasteiger partial charge in [-0.2, -0.15) is 0 Å². The summed E-state index contributed by atoms with van der Waals surface area (Å²) in [6, 6.07) is 12.4.